The summed E-state index contributed by atoms with van der Waals surface area (Å²) < 4.78 is 20.8. The van der Waals surface area contributed by atoms with Gasteiger partial charge in [-0.3, -0.25) is 9.59 Å². The van der Waals surface area contributed by atoms with Crippen LogP contribution in [0.25, 0.3) is 0 Å². The van der Waals surface area contributed by atoms with Gasteiger partial charge in [0.05, 0.1) is 12.2 Å². The highest BCUT2D eigenvalue weighted by Gasteiger charge is 2.29. The van der Waals surface area contributed by atoms with E-state index < -0.39 is 18.0 Å². The summed E-state index contributed by atoms with van der Waals surface area (Å²) >= 11 is 0. The van der Waals surface area contributed by atoms with Gasteiger partial charge in [0, 0.05) is 19.4 Å². The molecule has 0 radical (unpaired) electrons. The molecule has 0 saturated heterocycles. The van der Waals surface area contributed by atoms with Crippen molar-refractivity contribution in [1.29, 1.82) is 0 Å². The zero-order valence-electron chi connectivity index (χ0n) is 19.2. The van der Waals surface area contributed by atoms with Gasteiger partial charge in [-0.05, 0) is 42.7 Å². The van der Waals surface area contributed by atoms with Crippen LogP contribution >= 0.6 is 0 Å². The van der Waals surface area contributed by atoms with E-state index in [1.807, 2.05) is 27.8 Å². The minimum atomic E-state index is -0.810. The van der Waals surface area contributed by atoms with Crippen LogP contribution in [0.15, 0.2) is 60.9 Å². The summed E-state index contributed by atoms with van der Waals surface area (Å²) in [5, 5.41) is 5.82. The molecule has 33 heavy (non-hydrogen) atoms. The summed E-state index contributed by atoms with van der Waals surface area (Å²) in [5.41, 5.74) is 1.03. The third kappa shape index (κ3) is 5.77. The van der Waals surface area contributed by atoms with E-state index in [2.05, 4.69) is 15.6 Å². The predicted octanol–water partition coefficient (Wildman–Crippen LogP) is 3.62. The maximum Gasteiger partial charge on any atom is 0.255 e. The number of nitrogens with one attached hydrogen (secondary N) is 2. The number of carbonyl (C=O) groups is 2. The Labute approximate surface area is 193 Å². The number of halogens is 1. The first-order chi connectivity index (χ1) is 15.8. The molecule has 0 bridgehead atoms. The second-order valence-electron chi connectivity index (χ2n) is 8.01. The van der Waals surface area contributed by atoms with E-state index in [9.17, 15) is 14.0 Å². The number of rotatable bonds is 9. The lowest BCUT2D eigenvalue weighted by molar-refractivity contribution is -0.124. The second-order valence-corrected chi connectivity index (χ2v) is 8.01. The molecular formula is C25H29FN4O3. The molecule has 0 aliphatic heterocycles. The number of carbonyl (C=O) groups excluding carboxylic acids is 2. The number of amides is 2. The molecule has 2 N–H and O–H groups in total. The highest BCUT2D eigenvalue weighted by molar-refractivity contribution is 5.99. The Balaban J connectivity index is 1.85. The number of ether oxygens (including phenoxy) is 1. The van der Waals surface area contributed by atoms with Crippen molar-refractivity contribution in [1.82, 2.24) is 20.2 Å². The third-order valence-electron chi connectivity index (χ3n) is 5.27. The maximum absolute atomic E-state index is 13.5. The summed E-state index contributed by atoms with van der Waals surface area (Å²) in [7, 11) is 1.82. The molecule has 2 atom stereocenters. The first-order valence-electron chi connectivity index (χ1n) is 10.9. The third-order valence-corrected chi connectivity index (χ3v) is 5.27. The van der Waals surface area contributed by atoms with Gasteiger partial charge < -0.3 is 19.9 Å². The Morgan fingerprint density at radius 1 is 1.09 bits per heavy atom. The number of aryl methyl sites for hydroxylation is 1. The number of imidazole rings is 1. The minimum absolute atomic E-state index is 0.191. The maximum atomic E-state index is 13.5. The van der Waals surface area contributed by atoms with Crippen LogP contribution in [-0.4, -0.2) is 34.0 Å². The fourth-order valence-electron chi connectivity index (χ4n) is 3.53. The molecule has 1 heterocycles. The van der Waals surface area contributed by atoms with E-state index in [0.717, 1.165) is 0 Å². The molecule has 2 amide bonds. The van der Waals surface area contributed by atoms with E-state index in [-0.39, 0.29) is 17.6 Å². The molecule has 7 nitrogen and oxygen atoms in total. The smallest absolute Gasteiger partial charge is 0.255 e. The topological polar surface area (TPSA) is 85.2 Å². The van der Waals surface area contributed by atoms with Crippen molar-refractivity contribution in [3.63, 3.8) is 0 Å². The first-order valence-corrected chi connectivity index (χ1v) is 10.9. The van der Waals surface area contributed by atoms with Gasteiger partial charge in [-0.15, -0.1) is 0 Å². The van der Waals surface area contributed by atoms with Gasteiger partial charge in [0.1, 0.15) is 29.5 Å². The molecule has 1 aromatic heterocycles. The van der Waals surface area contributed by atoms with E-state index in [1.54, 1.807) is 53.4 Å². The van der Waals surface area contributed by atoms with Crippen LogP contribution in [-0.2, 0) is 11.8 Å². The second kappa shape index (κ2) is 10.8. The van der Waals surface area contributed by atoms with E-state index in [1.165, 1.54) is 12.1 Å². The average Bonchev–Trinajstić information content (AvgIpc) is 3.22. The number of aromatic nitrogens is 2. The number of hydrogen-bond acceptors (Lipinski definition) is 4. The summed E-state index contributed by atoms with van der Waals surface area (Å²) in [4.78, 5) is 30.7. The van der Waals surface area contributed by atoms with Gasteiger partial charge in [0.2, 0.25) is 5.91 Å². The lowest BCUT2D eigenvalue weighted by atomic mass is 10.0. The van der Waals surface area contributed by atoms with Gasteiger partial charge in [-0.1, -0.05) is 38.1 Å². The summed E-state index contributed by atoms with van der Waals surface area (Å²) in [5.74, 6) is -0.289. The Morgan fingerprint density at radius 3 is 2.39 bits per heavy atom. The molecule has 1 unspecified atom stereocenters. The highest BCUT2D eigenvalue weighted by Crippen LogP contribution is 2.22. The Bertz CT molecular complexity index is 1100. The van der Waals surface area contributed by atoms with Gasteiger partial charge >= 0.3 is 0 Å². The number of benzene rings is 2. The average molecular weight is 453 g/mol. The van der Waals surface area contributed by atoms with Crippen molar-refractivity contribution >= 4 is 11.8 Å². The van der Waals surface area contributed by atoms with Crippen LogP contribution in [0.5, 0.6) is 5.75 Å². The van der Waals surface area contributed by atoms with Crippen molar-refractivity contribution in [3.05, 3.63) is 83.7 Å². The van der Waals surface area contributed by atoms with Crippen molar-refractivity contribution < 1.29 is 18.7 Å². The molecular weight excluding hydrogens is 423 g/mol. The lowest BCUT2D eigenvalue weighted by Gasteiger charge is -2.26. The fourth-order valence-corrected chi connectivity index (χ4v) is 3.53. The number of hydrogen-bond donors (Lipinski definition) is 2. The molecule has 3 aromatic rings. The van der Waals surface area contributed by atoms with Gasteiger partial charge in [-0.2, -0.15) is 0 Å². The molecule has 0 aliphatic carbocycles. The largest absolute Gasteiger partial charge is 0.493 e. The molecule has 8 heteroatoms. The Morgan fingerprint density at radius 2 is 1.79 bits per heavy atom. The van der Waals surface area contributed by atoms with Crippen LogP contribution < -0.4 is 15.4 Å². The van der Waals surface area contributed by atoms with Crippen LogP contribution in [0.4, 0.5) is 4.39 Å². The molecule has 0 saturated carbocycles. The standard InChI is InChI=1S/C25H29FN4O3/c1-5-33-20-9-7-6-8-19(20)24(31)28-21(16(2)3)25(32)29-22(23-27-14-15-30(23)4)17-10-12-18(26)13-11-17/h6-16,21-22H,5H2,1-4H3,(H,28,31)(H,29,32)/t21-,22?/m1/s1. The predicted molar refractivity (Wildman–Crippen MR) is 123 cm³/mol. The highest BCUT2D eigenvalue weighted by atomic mass is 19.1. The first kappa shape index (κ1) is 24.0. The molecule has 3 rings (SSSR count). The minimum Gasteiger partial charge on any atom is -0.493 e. The Kier molecular flexibility index (Phi) is 7.82. The van der Waals surface area contributed by atoms with Crippen LogP contribution in [0.2, 0.25) is 0 Å². The van der Waals surface area contributed by atoms with Crippen molar-refractivity contribution in [2.45, 2.75) is 32.9 Å². The molecule has 0 spiro atoms. The monoisotopic (exact) mass is 452 g/mol. The molecule has 0 fully saturated rings. The summed E-state index contributed by atoms with van der Waals surface area (Å²) in [6.07, 6.45) is 3.40. The Hall–Kier alpha value is -3.68. The van der Waals surface area contributed by atoms with Crippen LogP contribution in [0.3, 0.4) is 0 Å². The van der Waals surface area contributed by atoms with E-state index in [4.69, 9.17) is 4.74 Å². The van der Waals surface area contributed by atoms with Crippen molar-refractivity contribution in [2.24, 2.45) is 13.0 Å². The number of para-hydroxylation sites is 1. The summed E-state index contributed by atoms with van der Waals surface area (Å²) in [6.45, 7) is 5.97. The van der Waals surface area contributed by atoms with E-state index >= 15 is 0 Å². The molecule has 2 aromatic carbocycles. The molecule has 174 valence electrons. The van der Waals surface area contributed by atoms with Crippen molar-refractivity contribution in [3.8, 4) is 5.75 Å². The van der Waals surface area contributed by atoms with E-state index in [0.29, 0.717) is 29.3 Å². The zero-order valence-corrected chi connectivity index (χ0v) is 19.2. The van der Waals surface area contributed by atoms with Gasteiger partial charge in [0.25, 0.3) is 5.91 Å². The van der Waals surface area contributed by atoms with Crippen LogP contribution in [0.1, 0.15) is 48.6 Å². The van der Waals surface area contributed by atoms with Crippen LogP contribution in [0, 0.1) is 11.7 Å². The SMILES string of the molecule is CCOc1ccccc1C(=O)N[C@@H](C(=O)NC(c1ccc(F)cc1)c1nccn1C)C(C)C. The summed E-state index contributed by atoms with van der Waals surface area (Å²) in [6, 6.07) is 11.4. The molecule has 0 aliphatic rings. The van der Waals surface area contributed by atoms with Crippen molar-refractivity contribution in [2.75, 3.05) is 6.61 Å². The normalized spacial score (nSPS) is 12.8. The van der Waals surface area contributed by atoms with Gasteiger partial charge in [0.15, 0.2) is 0 Å². The lowest BCUT2D eigenvalue weighted by Crippen LogP contribution is -2.50. The quantitative estimate of drug-likeness (QED) is 0.519. The zero-order chi connectivity index (χ0) is 24.0. The van der Waals surface area contributed by atoms with Gasteiger partial charge in [-0.25, -0.2) is 9.37 Å². The number of nitrogens with zero attached hydrogens (tertiary/aromatic N) is 2. The fraction of sp³-hybridized carbons (Fsp3) is 0.320.